The Labute approximate surface area is 122 Å². The van der Waals surface area contributed by atoms with Gasteiger partial charge in [-0.25, -0.2) is 0 Å². The number of esters is 1. The van der Waals surface area contributed by atoms with E-state index in [1.807, 2.05) is 36.4 Å². The number of rotatable bonds is 8. The van der Waals surface area contributed by atoms with Crippen molar-refractivity contribution < 1.29 is 9.53 Å². The maximum atomic E-state index is 11.7. The number of hydrogen-bond acceptors (Lipinski definition) is 2. The summed E-state index contributed by atoms with van der Waals surface area (Å²) in [7, 11) is 0. The van der Waals surface area contributed by atoms with E-state index in [4.69, 9.17) is 4.74 Å². The molecule has 0 aliphatic heterocycles. The zero-order valence-corrected chi connectivity index (χ0v) is 12.5. The molecule has 0 fully saturated rings. The lowest BCUT2D eigenvalue weighted by atomic mass is 10.1. The molecular weight excluding hydrogens is 248 g/mol. The fourth-order valence-electron chi connectivity index (χ4n) is 1.72. The van der Waals surface area contributed by atoms with Crippen LogP contribution in [0.4, 0.5) is 0 Å². The minimum absolute atomic E-state index is 0.163. The molecule has 0 aliphatic rings. The first-order chi connectivity index (χ1) is 9.61. The fraction of sp³-hybridized carbons (Fsp3) is 0.389. The molecule has 1 aromatic carbocycles. The monoisotopic (exact) mass is 272 g/mol. The SMILES string of the molecule is C=CC(C)C/C=C(\C)CCOC(=O)Cc1ccccc1. The molecule has 1 unspecified atom stereocenters. The van der Waals surface area contributed by atoms with Crippen LogP contribution in [0.1, 0.15) is 32.3 Å². The van der Waals surface area contributed by atoms with E-state index in [0.717, 1.165) is 18.4 Å². The zero-order chi connectivity index (χ0) is 14.8. The summed E-state index contributed by atoms with van der Waals surface area (Å²) in [5.41, 5.74) is 2.25. The van der Waals surface area contributed by atoms with Crippen LogP contribution in [0.15, 0.2) is 54.6 Å². The van der Waals surface area contributed by atoms with Crippen molar-refractivity contribution in [2.45, 2.75) is 33.1 Å². The van der Waals surface area contributed by atoms with Crippen molar-refractivity contribution in [1.82, 2.24) is 0 Å². The van der Waals surface area contributed by atoms with Crippen LogP contribution in [0.5, 0.6) is 0 Å². The molecular formula is C18H24O2. The Morgan fingerprint density at radius 1 is 1.35 bits per heavy atom. The first-order valence-corrected chi connectivity index (χ1v) is 7.09. The molecule has 108 valence electrons. The molecule has 0 radical (unpaired) electrons. The zero-order valence-electron chi connectivity index (χ0n) is 12.5. The van der Waals surface area contributed by atoms with E-state index in [9.17, 15) is 4.79 Å². The minimum Gasteiger partial charge on any atom is -0.465 e. The van der Waals surface area contributed by atoms with Crippen molar-refractivity contribution in [2.24, 2.45) is 5.92 Å². The number of ether oxygens (including phenoxy) is 1. The molecule has 0 saturated heterocycles. The number of benzene rings is 1. The average Bonchev–Trinajstić information content (AvgIpc) is 2.45. The highest BCUT2D eigenvalue weighted by Gasteiger charge is 2.04. The van der Waals surface area contributed by atoms with Gasteiger partial charge in [0.25, 0.3) is 0 Å². The van der Waals surface area contributed by atoms with Gasteiger partial charge in [0.2, 0.25) is 0 Å². The molecule has 1 aromatic rings. The summed E-state index contributed by atoms with van der Waals surface area (Å²) >= 11 is 0. The number of allylic oxidation sites excluding steroid dienone is 2. The third-order valence-electron chi connectivity index (χ3n) is 3.19. The van der Waals surface area contributed by atoms with Gasteiger partial charge < -0.3 is 4.74 Å². The molecule has 1 atom stereocenters. The first-order valence-electron chi connectivity index (χ1n) is 7.09. The maximum absolute atomic E-state index is 11.7. The molecule has 0 aliphatic carbocycles. The average molecular weight is 272 g/mol. The Morgan fingerprint density at radius 2 is 2.05 bits per heavy atom. The summed E-state index contributed by atoms with van der Waals surface area (Å²) in [4.78, 5) is 11.7. The quantitative estimate of drug-likeness (QED) is 0.520. The van der Waals surface area contributed by atoms with Crippen LogP contribution in [0, 0.1) is 5.92 Å². The van der Waals surface area contributed by atoms with Crippen molar-refractivity contribution in [2.75, 3.05) is 6.61 Å². The van der Waals surface area contributed by atoms with Crippen LogP contribution in [0.2, 0.25) is 0 Å². The Bertz CT molecular complexity index is 446. The lowest BCUT2D eigenvalue weighted by Crippen LogP contribution is -2.09. The van der Waals surface area contributed by atoms with Crippen molar-refractivity contribution in [3.8, 4) is 0 Å². The second kappa shape index (κ2) is 9.13. The molecule has 0 spiro atoms. The first kappa shape index (κ1) is 16.2. The van der Waals surface area contributed by atoms with Crippen LogP contribution in [0.25, 0.3) is 0 Å². The van der Waals surface area contributed by atoms with E-state index < -0.39 is 0 Å². The molecule has 0 N–H and O–H groups in total. The fourth-order valence-corrected chi connectivity index (χ4v) is 1.72. The van der Waals surface area contributed by atoms with E-state index in [-0.39, 0.29) is 5.97 Å². The highest BCUT2D eigenvalue weighted by molar-refractivity contribution is 5.72. The largest absolute Gasteiger partial charge is 0.465 e. The molecule has 0 aromatic heterocycles. The number of carbonyl (C=O) groups excluding carboxylic acids is 1. The van der Waals surface area contributed by atoms with Crippen LogP contribution in [-0.2, 0) is 16.0 Å². The van der Waals surface area contributed by atoms with E-state index in [2.05, 4.69) is 26.5 Å². The second-order valence-corrected chi connectivity index (χ2v) is 5.13. The lowest BCUT2D eigenvalue weighted by molar-refractivity contribution is -0.142. The number of carbonyl (C=O) groups is 1. The van der Waals surface area contributed by atoms with Gasteiger partial charge in [0.1, 0.15) is 0 Å². The van der Waals surface area contributed by atoms with Gasteiger partial charge in [0, 0.05) is 6.42 Å². The molecule has 0 heterocycles. The second-order valence-electron chi connectivity index (χ2n) is 5.13. The summed E-state index contributed by atoms with van der Waals surface area (Å²) in [6.07, 6.45) is 6.27. The lowest BCUT2D eigenvalue weighted by Gasteiger charge is -2.06. The Kier molecular flexibility index (Phi) is 7.41. The summed E-state index contributed by atoms with van der Waals surface area (Å²) in [6.45, 7) is 8.43. The third-order valence-corrected chi connectivity index (χ3v) is 3.19. The van der Waals surface area contributed by atoms with E-state index in [1.54, 1.807) is 0 Å². The highest BCUT2D eigenvalue weighted by atomic mass is 16.5. The smallest absolute Gasteiger partial charge is 0.310 e. The topological polar surface area (TPSA) is 26.3 Å². The molecule has 2 nitrogen and oxygen atoms in total. The van der Waals surface area contributed by atoms with Gasteiger partial charge >= 0.3 is 5.97 Å². The molecule has 20 heavy (non-hydrogen) atoms. The predicted octanol–water partition coefficient (Wildman–Crippen LogP) is 4.32. The van der Waals surface area contributed by atoms with Gasteiger partial charge in [-0.1, -0.05) is 55.0 Å². The molecule has 0 saturated carbocycles. The van der Waals surface area contributed by atoms with Gasteiger partial charge in [0.15, 0.2) is 0 Å². The van der Waals surface area contributed by atoms with Crippen LogP contribution in [-0.4, -0.2) is 12.6 Å². The Morgan fingerprint density at radius 3 is 2.70 bits per heavy atom. The summed E-state index contributed by atoms with van der Waals surface area (Å²) in [5.74, 6) is 0.328. The summed E-state index contributed by atoms with van der Waals surface area (Å²) in [6, 6.07) is 9.66. The van der Waals surface area contributed by atoms with Crippen LogP contribution < -0.4 is 0 Å². The van der Waals surface area contributed by atoms with Crippen molar-refractivity contribution in [1.29, 1.82) is 0 Å². The predicted molar refractivity (Wildman–Crippen MR) is 83.5 cm³/mol. The van der Waals surface area contributed by atoms with Gasteiger partial charge in [-0.3, -0.25) is 4.79 Å². The minimum atomic E-state index is -0.163. The van der Waals surface area contributed by atoms with Crippen LogP contribution in [0.3, 0.4) is 0 Å². The van der Waals surface area contributed by atoms with Gasteiger partial charge in [-0.05, 0) is 24.8 Å². The van der Waals surface area contributed by atoms with Gasteiger partial charge in [0.05, 0.1) is 13.0 Å². The van der Waals surface area contributed by atoms with Gasteiger partial charge in [-0.15, -0.1) is 6.58 Å². The molecule has 0 bridgehead atoms. The standard InChI is InChI=1S/C18H24O2/c1-4-15(2)10-11-16(3)12-13-20-18(19)14-17-8-6-5-7-9-17/h4-9,11,15H,1,10,12-14H2,2-3H3/b16-11+. The van der Waals surface area contributed by atoms with E-state index in [1.165, 1.54) is 5.57 Å². The summed E-state index contributed by atoms with van der Waals surface area (Å²) < 4.78 is 5.25. The maximum Gasteiger partial charge on any atom is 0.310 e. The Balaban J connectivity index is 2.23. The molecule has 2 heteroatoms. The molecule has 0 amide bonds. The number of hydrogen-bond donors (Lipinski definition) is 0. The van der Waals surface area contributed by atoms with E-state index >= 15 is 0 Å². The van der Waals surface area contributed by atoms with E-state index in [0.29, 0.717) is 18.9 Å². The van der Waals surface area contributed by atoms with Crippen molar-refractivity contribution in [3.05, 3.63) is 60.2 Å². The highest BCUT2D eigenvalue weighted by Crippen LogP contribution is 2.09. The molecule has 1 rings (SSSR count). The summed E-state index contributed by atoms with van der Waals surface area (Å²) in [5, 5.41) is 0. The van der Waals surface area contributed by atoms with Crippen molar-refractivity contribution in [3.63, 3.8) is 0 Å². The van der Waals surface area contributed by atoms with Crippen LogP contribution >= 0.6 is 0 Å². The van der Waals surface area contributed by atoms with Gasteiger partial charge in [-0.2, -0.15) is 0 Å². The van der Waals surface area contributed by atoms with Crippen molar-refractivity contribution >= 4 is 5.97 Å². The Hall–Kier alpha value is -1.83. The third kappa shape index (κ3) is 6.93. The normalized spacial score (nSPS) is 12.8.